The predicted octanol–water partition coefficient (Wildman–Crippen LogP) is 5.93. The molecule has 4 rings (SSSR count). The van der Waals surface area contributed by atoms with E-state index in [1.165, 1.54) is 28.3 Å². The molecule has 0 aromatic heterocycles. The number of halogens is 1. The van der Waals surface area contributed by atoms with Crippen molar-refractivity contribution in [3.8, 4) is 0 Å². The third-order valence-corrected chi connectivity index (χ3v) is 5.16. The molecule has 2 aliphatic heterocycles. The fourth-order valence-corrected chi connectivity index (χ4v) is 4.00. The second-order valence-corrected chi connectivity index (χ2v) is 7.88. The molecule has 1 fully saturated rings. The maximum absolute atomic E-state index is 6.09. The number of fused-ring (bicyclic) bond motifs is 1. The summed E-state index contributed by atoms with van der Waals surface area (Å²) in [5, 5.41) is 0.763. The summed E-state index contributed by atoms with van der Waals surface area (Å²) in [6.45, 7) is 10.1. The summed E-state index contributed by atoms with van der Waals surface area (Å²) in [6, 6.07) is 18.8. The van der Waals surface area contributed by atoms with E-state index < -0.39 is 0 Å². The van der Waals surface area contributed by atoms with Gasteiger partial charge in [-0.05, 0) is 23.2 Å². The third-order valence-electron chi connectivity index (χ3n) is 4.91. The average molecular weight is 335 g/mol. The number of nitrogens with zero attached hydrogens (tertiary/aromatic N) is 1. The van der Waals surface area contributed by atoms with Crippen molar-refractivity contribution in [2.24, 2.45) is 5.41 Å². The summed E-state index contributed by atoms with van der Waals surface area (Å²) >= 11 is 6.09. The fourth-order valence-electron chi connectivity index (χ4n) is 3.88. The Hall–Kier alpha value is -2.12. The highest BCUT2D eigenvalue weighted by molar-refractivity contribution is 6.30. The van der Waals surface area contributed by atoms with Crippen LogP contribution in [0.1, 0.15) is 31.4 Å². The van der Waals surface area contributed by atoms with Crippen molar-refractivity contribution in [3.05, 3.63) is 94.6 Å². The lowest BCUT2D eigenvalue weighted by atomic mass is 9.82. The highest BCUT2D eigenvalue weighted by atomic mass is 35.5. The molecule has 24 heavy (non-hydrogen) atoms. The Morgan fingerprint density at radius 2 is 1.71 bits per heavy atom. The minimum Gasteiger partial charge on any atom is -0.381 e. The maximum Gasteiger partial charge on any atom is 0.0282 e. The second kappa shape index (κ2) is 5.46. The van der Waals surface area contributed by atoms with Crippen molar-refractivity contribution >= 4 is 17.2 Å². The van der Waals surface area contributed by atoms with Crippen molar-refractivity contribution in [2.75, 3.05) is 6.54 Å². The second-order valence-electron chi connectivity index (χ2n) is 7.44. The van der Waals surface area contributed by atoms with E-state index in [-0.39, 0.29) is 5.41 Å². The molecule has 122 valence electrons. The van der Waals surface area contributed by atoms with Crippen molar-refractivity contribution in [1.82, 2.24) is 4.90 Å². The molecule has 0 atom stereocenters. The van der Waals surface area contributed by atoms with Gasteiger partial charge >= 0.3 is 0 Å². The van der Waals surface area contributed by atoms with Gasteiger partial charge in [-0.25, -0.2) is 0 Å². The van der Waals surface area contributed by atoms with Crippen molar-refractivity contribution in [1.29, 1.82) is 0 Å². The molecule has 0 amide bonds. The first-order chi connectivity index (χ1) is 11.5. The quantitative estimate of drug-likeness (QED) is 0.615. The Morgan fingerprint density at radius 1 is 1.04 bits per heavy atom. The summed E-state index contributed by atoms with van der Waals surface area (Å²) < 4.78 is 0. The van der Waals surface area contributed by atoms with E-state index in [9.17, 15) is 0 Å². The molecule has 0 spiro atoms. The van der Waals surface area contributed by atoms with Gasteiger partial charge in [0.1, 0.15) is 0 Å². The standard InChI is InChI=1S/C22H21ClN/c1-15-20(17-9-11-18(23)12-10-17)21(16-7-5-4-6-8-16)19-13-22(2,3)14-24(15)19/h4-12H,1,13-14H2,2-3H3/q-1. The highest BCUT2D eigenvalue weighted by Crippen LogP contribution is 2.54. The van der Waals surface area contributed by atoms with E-state index >= 15 is 0 Å². The molecule has 2 heterocycles. The van der Waals surface area contributed by atoms with Crippen molar-refractivity contribution in [3.63, 3.8) is 0 Å². The molecule has 2 aromatic carbocycles. The van der Waals surface area contributed by atoms with Gasteiger partial charge in [0.05, 0.1) is 0 Å². The molecule has 2 aliphatic rings. The lowest BCUT2D eigenvalue weighted by molar-refractivity contribution is 0.353. The van der Waals surface area contributed by atoms with E-state index in [2.05, 4.69) is 67.8 Å². The highest BCUT2D eigenvalue weighted by Gasteiger charge is 2.40. The Balaban J connectivity index is 1.89. The first-order valence-corrected chi connectivity index (χ1v) is 8.73. The summed E-state index contributed by atoms with van der Waals surface area (Å²) in [7, 11) is 0. The lowest BCUT2D eigenvalue weighted by Crippen LogP contribution is -2.21. The van der Waals surface area contributed by atoms with E-state index in [4.69, 9.17) is 11.6 Å². The van der Waals surface area contributed by atoms with E-state index in [0.29, 0.717) is 0 Å². The van der Waals surface area contributed by atoms with Crippen molar-refractivity contribution in [2.45, 2.75) is 20.3 Å². The van der Waals surface area contributed by atoms with Gasteiger partial charge in [0.2, 0.25) is 0 Å². The fraction of sp³-hybridized carbons (Fsp3) is 0.227. The molecule has 1 saturated heterocycles. The molecule has 0 N–H and O–H groups in total. The number of hydrogen-bond acceptors (Lipinski definition) is 1. The zero-order valence-electron chi connectivity index (χ0n) is 14.1. The molecular weight excluding hydrogens is 314 g/mol. The van der Waals surface area contributed by atoms with Crippen LogP contribution in [0.25, 0.3) is 5.57 Å². The van der Waals surface area contributed by atoms with Crippen LogP contribution in [0, 0.1) is 11.3 Å². The third kappa shape index (κ3) is 2.44. The Labute approximate surface area is 149 Å². The Morgan fingerprint density at radius 3 is 2.38 bits per heavy atom. The van der Waals surface area contributed by atoms with Crippen LogP contribution in [0.4, 0.5) is 0 Å². The van der Waals surface area contributed by atoms with Gasteiger partial charge in [-0.2, -0.15) is 0 Å². The number of allylic oxidation sites excluding steroid dienone is 2. The molecule has 2 heteroatoms. The Bertz CT molecular complexity index is 815. The summed E-state index contributed by atoms with van der Waals surface area (Å²) in [5.41, 5.74) is 6.57. The first-order valence-electron chi connectivity index (χ1n) is 8.35. The predicted molar refractivity (Wildman–Crippen MR) is 101 cm³/mol. The van der Waals surface area contributed by atoms with Gasteiger partial charge in [0, 0.05) is 11.6 Å². The molecule has 0 aliphatic carbocycles. The minimum absolute atomic E-state index is 0.282. The van der Waals surface area contributed by atoms with Crippen LogP contribution in [0.5, 0.6) is 0 Å². The van der Waals surface area contributed by atoms with Crippen LogP contribution >= 0.6 is 11.6 Å². The normalized spacial score (nSPS) is 19.2. The molecule has 0 saturated carbocycles. The SMILES string of the molecule is C=C1[C-](c2ccc(Cl)cc2)C(c2ccccc2)=C2CC(C)(C)CN12. The number of rotatable bonds is 2. The van der Waals surface area contributed by atoms with Gasteiger partial charge < -0.3 is 4.90 Å². The van der Waals surface area contributed by atoms with E-state index in [1.54, 1.807) is 0 Å². The summed E-state index contributed by atoms with van der Waals surface area (Å²) in [5.74, 6) is 1.24. The summed E-state index contributed by atoms with van der Waals surface area (Å²) in [4.78, 5) is 2.41. The maximum atomic E-state index is 6.09. The molecule has 0 unspecified atom stereocenters. The van der Waals surface area contributed by atoms with Crippen LogP contribution in [0.3, 0.4) is 0 Å². The molecule has 1 nitrogen and oxygen atoms in total. The average Bonchev–Trinajstić information content (AvgIpc) is 3.01. The van der Waals surface area contributed by atoms with E-state index in [0.717, 1.165) is 23.7 Å². The van der Waals surface area contributed by atoms with Crippen LogP contribution < -0.4 is 0 Å². The topological polar surface area (TPSA) is 3.24 Å². The van der Waals surface area contributed by atoms with Crippen LogP contribution in [-0.4, -0.2) is 11.4 Å². The molecule has 0 bridgehead atoms. The molecule has 0 radical (unpaired) electrons. The largest absolute Gasteiger partial charge is 0.381 e. The summed E-state index contributed by atoms with van der Waals surface area (Å²) in [6.07, 6.45) is 1.08. The van der Waals surface area contributed by atoms with Gasteiger partial charge in [-0.15, -0.1) is 18.7 Å². The lowest BCUT2D eigenvalue weighted by Gasteiger charge is -2.29. The van der Waals surface area contributed by atoms with Crippen molar-refractivity contribution < 1.29 is 0 Å². The smallest absolute Gasteiger partial charge is 0.0282 e. The van der Waals surface area contributed by atoms with E-state index in [1.807, 2.05) is 12.1 Å². The van der Waals surface area contributed by atoms with Crippen LogP contribution in [0.2, 0.25) is 5.02 Å². The zero-order chi connectivity index (χ0) is 16.9. The van der Waals surface area contributed by atoms with Crippen LogP contribution in [-0.2, 0) is 0 Å². The van der Waals surface area contributed by atoms with Gasteiger partial charge in [0.25, 0.3) is 0 Å². The van der Waals surface area contributed by atoms with Crippen LogP contribution in [0.15, 0.2) is 72.6 Å². The van der Waals surface area contributed by atoms with Gasteiger partial charge in [-0.3, -0.25) is 0 Å². The van der Waals surface area contributed by atoms with Gasteiger partial charge in [0.15, 0.2) is 0 Å². The number of benzene rings is 2. The van der Waals surface area contributed by atoms with Gasteiger partial charge in [-0.1, -0.05) is 90.5 Å². The minimum atomic E-state index is 0.282. The monoisotopic (exact) mass is 334 g/mol. The first kappa shape index (κ1) is 15.4. The zero-order valence-corrected chi connectivity index (χ0v) is 14.9. The molecule has 2 aromatic rings. The number of hydrogen-bond donors (Lipinski definition) is 0. The molecular formula is C22H21ClN-. The Kier molecular flexibility index (Phi) is 3.51.